The van der Waals surface area contributed by atoms with Crippen molar-refractivity contribution in [3.05, 3.63) is 34.9 Å². The zero-order chi connectivity index (χ0) is 15.6. The average molecular weight is 322 g/mol. The van der Waals surface area contributed by atoms with E-state index in [-0.39, 0.29) is 25.6 Å². The molecular formula is C14H15ClF3NO2. The van der Waals surface area contributed by atoms with Crippen LogP contribution in [0.2, 0.25) is 5.02 Å². The van der Waals surface area contributed by atoms with Crippen LogP contribution in [0.4, 0.5) is 13.2 Å². The van der Waals surface area contributed by atoms with E-state index in [4.69, 9.17) is 11.6 Å². The van der Waals surface area contributed by atoms with Crippen LogP contribution < -0.4 is 0 Å². The Kier molecular flexibility index (Phi) is 4.78. The molecule has 0 saturated carbocycles. The molecule has 0 bridgehead atoms. The van der Waals surface area contributed by atoms with Crippen LogP contribution in [0.25, 0.3) is 0 Å². The minimum atomic E-state index is -4.23. The first-order chi connectivity index (χ1) is 9.78. The summed E-state index contributed by atoms with van der Waals surface area (Å²) >= 11 is 6.08. The largest absolute Gasteiger partial charge is 0.481 e. The number of carboxylic acid groups (broad SMARTS) is 1. The molecule has 1 heterocycles. The van der Waals surface area contributed by atoms with E-state index in [0.29, 0.717) is 10.6 Å². The van der Waals surface area contributed by atoms with Crippen molar-refractivity contribution < 1.29 is 23.1 Å². The first-order valence-electron chi connectivity index (χ1n) is 6.54. The molecular weight excluding hydrogens is 307 g/mol. The Morgan fingerprint density at radius 3 is 2.57 bits per heavy atom. The lowest BCUT2D eigenvalue weighted by molar-refractivity contribution is -0.141. The number of carboxylic acids is 1. The molecule has 7 heteroatoms. The summed E-state index contributed by atoms with van der Waals surface area (Å²) in [5.74, 6) is -2.13. The third-order valence-corrected chi connectivity index (χ3v) is 4.07. The van der Waals surface area contributed by atoms with E-state index in [1.54, 1.807) is 29.2 Å². The van der Waals surface area contributed by atoms with Crippen LogP contribution in [0, 0.1) is 5.92 Å². The second-order valence-corrected chi connectivity index (χ2v) is 5.60. The normalized spacial score (nSPS) is 23.4. The first-order valence-corrected chi connectivity index (χ1v) is 6.92. The molecule has 1 aliphatic heterocycles. The summed E-state index contributed by atoms with van der Waals surface area (Å²) in [6.07, 6.45) is -5.17. The third-order valence-electron chi connectivity index (χ3n) is 3.73. The molecule has 0 unspecified atom stereocenters. The van der Waals surface area contributed by atoms with Gasteiger partial charge >= 0.3 is 12.1 Å². The Balaban J connectivity index is 2.13. The molecule has 21 heavy (non-hydrogen) atoms. The van der Waals surface area contributed by atoms with Gasteiger partial charge in [0.05, 0.1) is 12.3 Å². The number of alkyl halides is 3. The van der Waals surface area contributed by atoms with Crippen LogP contribution in [0.5, 0.6) is 0 Å². The molecule has 3 nitrogen and oxygen atoms in total. The predicted molar refractivity (Wildman–Crippen MR) is 72.4 cm³/mol. The number of hydrogen-bond acceptors (Lipinski definition) is 2. The number of likely N-dealkylation sites (tertiary alicyclic amines) is 1. The molecule has 0 amide bonds. The Morgan fingerprint density at radius 1 is 1.33 bits per heavy atom. The maximum absolute atomic E-state index is 12.3. The summed E-state index contributed by atoms with van der Waals surface area (Å²) in [4.78, 5) is 12.9. The van der Waals surface area contributed by atoms with Gasteiger partial charge in [0, 0.05) is 30.6 Å². The lowest BCUT2D eigenvalue weighted by atomic mass is 9.89. The Bertz CT molecular complexity index is 521. The summed E-state index contributed by atoms with van der Waals surface area (Å²) in [7, 11) is 0. The van der Waals surface area contributed by atoms with Gasteiger partial charge in [0.1, 0.15) is 0 Å². The maximum Gasteiger partial charge on any atom is 0.390 e. The van der Waals surface area contributed by atoms with Gasteiger partial charge in [-0.3, -0.25) is 4.79 Å². The topological polar surface area (TPSA) is 40.5 Å². The third kappa shape index (κ3) is 4.11. The number of benzene rings is 1. The maximum atomic E-state index is 12.3. The van der Waals surface area contributed by atoms with Crippen molar-refractivity contribution in [1.82, 2.24) is 4.90 Å². The molecule has 0 aliphatic carbocycles. The molecule has 0 radical (unpaired) electrons. The fraction of sp³-hybridized carbons (Fsp3) is 0.500. The van der Waals surface area contributed by atoms with Gasteiger partial charge in [0.25, 0.3) is 0 Å². The summed E-state index contributed by atoms with van der Waals surface area (Å²) in [5, 5.41) is 9.74. The highest BCUT2D eigenvalue weighted by molar-refractivity contribution is 6.31. The van der Waals surface area contributed by atoms with Gasteiger partial charge in [0.2, 0.25) is 0 Å². The van der Waals surface area contributed by atoms with Crippen molar-refractivity contribution in [2.45, 2.75) is 18.5 Å². The van der Waals surface area contributed by atoms with Crippen LogP contribution in [-0.2, 0) is 4.79 Å². The summed E-state index contributed by atoms with van der Waals surface area (Å²) in [6, 6.07) is 6.88. The van der Waals surface area contributed by atoms with Crippen LogP contribution in [0.3, 0.4) is 0 Å². The lowest BCUT2D eigenvalue weighted by Gasteiger charge is -2.17. The van der Waals surface area contributed by atoms with Gasteiger partial charge < -0.3 is 10.0 Å². The molecule has 1 aromatic carbocycles. The van der Waals surface area contributed by atoms with E-state index in [1.807, 2.05) is 0 Å². The summed E-state index contributed by atoms with van der Waals surface area (Å²) in [5.41, 5.74) is 0.682. The second kappa shape index (κ2) is 6.23. The SMILES string of the molecule is O=C(O)[C@H]1CN(CCC(F)(F)F)C[C@H]1c1ccccc1Cl. The smallest absolute Gasteiger partial charge is 0.390 e. The second-order valence-electron chi connectivity index (χ2n) is 5.20. The molecule has 1 aromatic rings. The number of aliphatic carboxylic acids is 1. The molecule has 1 aliphatic rings. The summed E-state index contributed by atoms with van der Waals surface area (Å²) < 4.78 is 36.9. The Labute approximate surface area is 125 Å². The van der Waals surface area contributed by atoms with E-state index in [1.165, 1.54) is 0 Å². The molecule has 1 fully saturated rings. The van der Waals surface area contributed by atoms with Gasteiger partial charge in [-0.2, -0.15) is 13.2 Å². The van der Waals surface area contributed by atoms with E-state index < -0.39 is 24.5 Å². The van der Waals surface area contributed by atoms with Crippen molar-refractivity contribution in [3.63, 3.8) is 0 Å². The minimum Gasteiger partial charge on any atom is -0.481 e. The van der Waals surface area contributed by atoms with E-state index in [9.17, 15) is 23.1 Å². The molecule has 116 valence electrons. The Morgan fingerprint density at radius 2 is 2.00 bits per heavy atom. The number of nitrogens with zero attached hydrogens (tertiary/aromatic N) is 1. The van der Waals surface area contributed by atoms with Crippen molar-refractivity contribution >= 4 is 17.6 Å². The zero-order valence-corrected chi connectivity index (χ0v) is 11.9. The zero-order valence-electron chi connectivity index (χ0n) is 11.1. The van der Waals surface area contributed by atoms with Crippen molar-refractivity contribution in [1.29, 1.82) is 0 Å². The van der Waals surface area contributed by atoms with Gasteiger partial charge in [-0.15, -0.1) is 0 Å². The first kappa shape index (κ1) is 16.1. The quantitative estimate of drug-likeness (QED) is 0.924. The van der Waals surface area contributed by atoms with Crippen LogP contribution >= 0.6 is 11.6 Å². The molecule has 0 aromatic heterocycles. The Hall–Kier alpha value is -1.27. The highest BCUT2D eigenvalue weighted by Gasteiger charge is 2.40. The number of rotatable bonds is 4. The van der Waals surface area contributed by atoms with Crippen LogP contribution in [0.15, 0.2) is 24.3 Å². The standard InChI is InChI=1S/C14H15ClF3NO2/c15-12-4-2-1-3-9(12)10-7-19(6-5-14(16,17)18)8-11(10)13(20)21/h1-4,10-11H,5-8H2,(H,20,21)/t10-,11-/m0/s1. The van der Waals surface area contributed by atoms with Crippen molar-refractivity contribution in [2.75, 3.05) is 19.6 Å². The van der Waals surface area contributed by atoms with Gasteiger partial charge in [-0.25, -0.2) is 0 Å². The lowest BCUT2D eigenvalue weighted by Crippen LogP contribution is -2.27. The highest BCUT2D eigenvalue weighted by atomic mass is 35.5. The van der Waals surface area contributed by atoms with Gasteiger partial charge in [-0.05, 0) is 11.6 Å². The van der Waals surface area contributed by atoms with Gasteiger partial charge in [-0.1, -0.05) is 29.8 Å². The van der Waals surface area contributed by atoms with Crippen LogP contribution in [-0.4, -0.2) is 41.8 Å². The van der Waals surface area contributed by atoms with Crippen molar-refractivity contribution in [2.24, 2.45) is 5.92 Å². The molecule has 1 saturated heterocycles. The fourth-order valence-electron chi connectivity index (χ4n) is 2.69. The molecule has 0 spiro atoms. The monoisotopic (exact) mass is 321 g/mol. The highest BCUT2D eigenvalue weighted by Crippen LogP contribution is 2.37. The number of carbonyl (C=O) groups is 1. The number of halogens is 4. The van der Waals surface area contributed by atoms with Crippen molar-refractivity contribution in [3.8, 4) is 0 Å². The number of hydrogen-bond donors (Lipinski definition) is 1. The molecule has 2 rings (SSSR count). The van der Waals surface area contributed by atoms with E-state index >= 15 is 0 Å². The predicted octanol–water partition coefficient (Wildman–Crippen LogP) is 3.39. The molecule has 2 atom stereocenters. The average Bonchev–Trinajstić information content (AvgIpc) is 2.80. The minimum absolute atomic E-state index is 0.112. The van der Waals surface area contributed by atoms with E-state index in [0.717, 1.165) is 0 Å². The fourth-order valence-corrected chi connectivity index (χ4v) is 2.97. The van der Waals surface area contributed by atoms with Crippen LogP contribution in [0.1, 0.15) is 17.9 Å². The summed E-state index contributed by atoms with van der Waals surface area (Å²) in [6.45, 7) is 0.201. The van der Waals surface area contributed by atoms with E-state index in [2.05, 4.69) is 0 Å². The molecule has 1 N–H and O–H groups in total. The van der Waals surface area contributed by atoms with Gasteiger partial charge in [0.15, 0.2) is 0 Å².